The number of carbonyl (C=O) groups excluding carboxylic acids is 1. The van der Waals surface area contributed by atoms with Crippen LogP contribution in [0.5, 0.6) is 0 Å². The van der Waals surface area contributed by atoms with Crippen LogP contribution in [0.25, 0.3) is 22.2 Å². The molecule has 3 aromatic carbocycles. The fourth-order valence-electron chi connectivity index (χ4n) is 4.25. The fraction of sp³-hybridized carbons (Fsp3) is 0.179. The molecule has 2 N–H and O–H groups in total. The Morgan fingerprint density at radius 2 is 1.76 bits per heavy atom. The van der Waals surface area contributed by atoms with Gasteiger partial charge in [0, 0.05) is 27.9 Å². The number of hydrogen-bond donors (Lipinski definition) is 2. The van der Waals surface area contributed by atoms with Gasteiger partial charge >= 0.3 is 5.97 Å². The Morgan fingerprint density at radius 1 is 1.00 bits per heavy atom. The zero-order valence-electron chi connectivity index (χ0n) is 19.0. The second-order valence-electron chi connectivity index (χ2n) is 8.41. The van der Waals surface area contributed by atoms with E-state index in [0.717, 1.165) is 43.3 Å². The van der Waals surface area contributed by atoms with E-state index in [4.69, 9.17) is 4.98 Å². The molecule has 1 heterocycles. The Balaban J connectivity index is 1.73. The number of pyridine rings is 1. The van der Waals surface area contributed by atoms with E-state index in [9.17, 15) is 14.7 Å². The van der Waals surface area contributed by atoms with Crippen LogP contribution in [0.15, 0.2) is 77.3 Å². The predicted octanol–water partition coefficient (Wildman–Crippen LogP) is 6.27. The zero-order valence-corrected chi connectivity index (χ0v) is 20.6. The summed E-state index contributed by atoms with van der Waals surface area (Å²) in [5.41, 5.74) is 5.67. The lowest BCUT2D eigenvalue weighted by atomic mass is 9.93. The van der Waals surface area contributed by atoms with Gasteiger partial charge in [-0.25, -0.2) is 4.98 Å². The number of benzene rings is 3. The third-order valence-corrected chi connectivity index (χ3v) is 6.40. The highest BCUT2D eigenvalue weighted by Crippen LogP contribution is 2.31. The number of halogens is 1. The van der Waals surface area contributed by atoms with Gasteiger partial charge in [0.1, 0.15) is 0 Å². The third-order valence-electron chi connectivity index (χ3n) is 5.91. The molecular formula is C28H25BrN2O3. The Bertz CT molecular complexity index is 1370. The molecule has 0 aliphatic carbocycles. The molecule has 0 radical (unpaired) electrons. The lowest BCUT2D eigenvalue weighted by Crippen LogP contribution is -2.30. The molecule has 1 unspecified atom stereocenters. The van der Waals surface area contributed by atoms with Crippen LogP contribution in [0.2, 0.25) is 0 Å². The van der Waals surface area contributed by atoms with Gasteiger partial charge in [0.25, 0.3) is 5.91 Å². The number of fused-ring (bicyclic) bond motifs is 1. The summed E-state index contributed by atoms with van der Waals surface area (Å²) in [4.78, 5) is 29.9. The van der Waals surface area contributed by atoms with Crippen LogP contribution in [0.1, 0.15) is 39.4 Å². The average molecular weight is 517 g/mol. The van der Waals surface area contributed by atoms with Gasteiger partial charge < -0.3 is 10.4 Å². The molecule has 4 aromatic rings. The second-order valence-corrected chi connectivity index (χ2v) is 9.32. The van der Waals surface area contributed by atoms with Crippen LogP contribution in [0.4, 0.5) is 0 Å². The summed E-state index contributed by atoms with van der Waals surface area (Å²) in [6, 6.07) is 23.2. The van der Waals surface area contributed by atoms with E-state index in [0.29, 0.717) is 5.56 Å². The minimum absolute atomic E-state index is 0.0688. The average Bonchev–Trinajstić information content (AvgIpc) is 2.81. The summed E-state index contributed by atoms with van der Waals surface area (Å²) < 4.78 is 0.853. The van der Waals surface area contributed by atoms with E-state index in [-0.39, 0.29) is 24.8 Å². The Hall–Kier alpha value is -3.51. The number of aryl methyl sites for hydroxylation is 1. The molecule has 172 valence electrons. The van der Waals surface area contributed by atoms with Gasteiger partial charge in [-0.15, -0.1) is 0 Å². The van der Waals surface area contributed by atoms with Gasteiger partial charge in [-0.1, -0.05) is 76.1 Å². The van der Waals surface area contributed by atoms with Gasteiger partial charge in [-0.05, 0) is 43.2 Å². The maximum absolute atomic E-state index is 13.6. The summed E-state index contributed by atoms with van der Waals surface area (Å²) in [6.07, 6.45) is -0.0688. The van der Waals surface area contributed by atoms with E-state index in [2.05, 4.69) is 21.2 Å². The van der Waals surface area contributed by atoms with E-state index in [1.165, 1.54) is 0 Å². The lowest BCUT2D eigenvalue weighted by molar-refractivity contribution is -0.137. The van der Waals surface area contributed by atoms with Crippen molar-refractivity contribution < 1.29 is 14.7 Å². The molecule has 1 amide bonds. The number of rotatable bonds is 7. The van der Waals surface area contributed by atoms with Crippen LogP contribution < -0.4 is 5.32 Å². The second kappa shape index (κ2) is 10.2. The molecule has 5 nitrogen and oxygen atoms in total. The van der Waals surface area contributed by atoms with Gasteiger partial charge in [0.15, 0.2) is 0 Å². The molecular weight excluding hydrogens is 492 g/mol. The number of nitrogens with zero attached hydrogens (tertiary/aromatic N) is 1. The Kier molecular flexibility index (Phi) is 7.08. The standard InChI is InChI=1S/C28H25BrN2O3/c1-17-7-6-10-20(13-17)21(14-25(32)33)16-30-28(34)26-18(2)27(19-8-4-3-5-9-19)31-24-12-11-22(29)15-23(24)26/h3-13,15,21H,14,16H2,1-2H3,(H,30,34)(H,32,33). The minimum atomic E-state index is -0.901. The van der Waals surface area contributed by atoms with Crippen molar-refractivity contribution >= 4 is 38.7 Å². The van der Waals surface area contributed by atoms with Crippen molar-refractivity contribution in [2.24, 2.45) is 0 Å². The highest BCUT2D eigenvalue weighted by Gasteiger charge is 2.22. The number of hydrogen-bond acceptors (Lipinski definition) is 3. The van der Waals surface area contributed by atoms with Gasteiger partial charge in [0.05, 0.1) is 23.2 Å². The maximum Gasteiger partial charge on any atom is 0.304 e. The van der Waals surface area contributed by atoms with Crippen molar-refractivity contribution in [3.63, 3.8) is 0 Å². The molecule has 34 heavy (non-hydrogen) atoms. The molecule has 0 saturated heterocycles. The molecule has 1 atom stereocenters. The topological polar surface area (TPSA) is 79.3 Å². The smallest absolute Gasteiger partial charge is 0.304 e. The maximum atomic E-state index is 13.6. The largest absolute Gasteiger partial charge is 0.481 e. The van der Waals surface area contributed by atoms with Crippen LogP contribution >= 0.6 is 15.9 Å². The Labute approximate surface area is 207 Å². The molecule has 6 heteroatoms. The van der Waals surface area contributed by atoms with E-state index < -0.39 is 5.97 Å². The first kappa shape index (κ1) is 23.6. The lowest BCUT2D eigenvalue weighted by Gasteiger charge is -2.19. The number of amides is 1. The number of aliphatic carboxylic acids is 1. The first-order valence-corrected chi connectivity index (χ1v) is 11.8. The van der Waals surface area contributed by atoms with E-state index in [1.807, 2.05) is 86.6 Å². The Morgan fingerprint density at radius 3 is 2.47 bits per heavy atom. The van der Waals surface area contributed by atoms with Crippen molar-refractivity contribution in [3.05, 3.63) is 99.5 Å². The highest BCUT2D eigenvalue weighted by molar-refractivity contribution is 9.10. The molecule has 0 fully saturated rings. The molecule has 0 bridgehead atoms. The summed E-state index contributed by atoms with van der Waals surface area (Å²) >= 11 is 3.51. The number of carbonyl (C=O) groups is 2. The number of nitrogens with one attached hydrogen (secondary N) is 1. The summed E-state index contributed by atoms with van der Waals surface area (Å²) in [5.74, 6) is -1.49. The van der Waals surface area contributed by atoms with E-state index >= 15 is 0 Å². The van der Waals surface area contributed by atoms with Crippen molar-refractivity contribution in [2.45, 2.75) is 26.2 Å². The van der Waals surface area contributed by atoms with Gasteiger partial charge in [-0.3, -0.25) is 9.59 Å². The SMILES string of the molecule is Cc1cccc(C(CNC(=O)c2c(C)c(-c3ccccc3)nc3ccc(Br)cc23)CC(=O)O)c1. The summed E-state index contributed by atoms with van der Waals surface area (Å²) in [5, 5.41) is 13.2. The highest BCUT2D eigenvalue weighted by atomic mass is 79.9. The molecule has 0 aliphatic heterocycles. The monoisotopic (exact) mass is 516 g/mol. The molecule has 0 saturated carbocycles. The fourth-order valence-corrected chi connectivity index (χ4v) is 4.61. The van der Waals surface area contributed by atoms with E-state index in [1.54, 1.807) is 0 Å². The number of aromatic nitrogens is 1. The minimum Gasteiger partial charge on any atom is -0.481 e. The first-order chi connectivity index (χ1) is 16.3. The normalized spacial score (nSPS) is 11.9. The molecule has 4 rings (SSSR count). The van der Waals surface area contributed by atoms with Crippen molar-refractivity contribution in [1.82, 2.24) is 10.3 Å². The molecule has 1 aromatic heterocycles. The number of carboxylic acid groups (broad SMARTS) is 1. The predicted molar refractivity (Wildman–Crippen MR) is 138 cm³/mol. The van der Waals surface area contributed by atoms with Gasteiger partial charge in [0.2, 0.25) is 0 Å². The van der Waals surface area contributed by atoms with Crippen molar-refractivity contribution in [3.8, 4) is 11.3 Å². The van der Waals surface area contributed by atoms with Crippen molar-refractivity contribution in [2.75, 3.05) is 6.54 Å². The summed E-state index contributed by atoms with van der Waals surface area (Å²) in [7, 11) is 0. The number of carboxylic acids is 1. The summed E-state index contributed by atoms with van der Waals surface area (Å²) in [6.45, 7) is 4.09. The quantitative estimate of drug-likeness (QED) is 0.303. The first-order valence-electron chi connectivity index (χ1n) is 11.1. The van der Waals surface area contributed by atoms with Gasteiger partial charge in [-0.2, -0.15) is 0 Å². The van der Waals surface area contributed by atoms with Crippen molar-refractivity contribution in [1.29, 1.82) is 0 Å². The molecule has 0 spiro atoms. The zero-order chi connectivity index (χ0) is 24.2. The van der Waals surface area contributed by atoms with Crippen LogP contribution in [-0.4, -0.2) is 28.5 Å². The van der Waals surface area contributed by atoms with Crippen LogP contribution in [0.3, 0.4) is 0 Å². The third kappa shape index (κ3) is 5.18. The van der Waals surface area contributed by atoms with Crippen LogP contribution in [-0.2, 0) is 4.79 Å². The molecule has 0 aliphatic rings. The van der Waals surface area contributed by atoms with Crippen LogP contribution in [0, 0.1) is 13.8 Å².